The molecule has 3 aromatic rings. The van der Waals surface area contributed by atoms with Crippen LogP contribution in [0.25, 0.3) is 5.69 Å². The number of nitrogens with zero attached hydrogens (tertiary/aromatic N) is 2. The zero-order valence-corrected chi connectivity index (χ0v) is 16.1. The molecule has 1 aliphatic heterocycles. The van der Waals surface area contributed by atoms with Crippen LogP contribution in [0.2, 0.25) is 0 Å². The third-order valence-corrected chi connectivity index (χ3v) is 4.74. The van der Waals surface area contributed by atoms with Crippen molar-refractivity contribution in [3.8, 4) is 11.4 Å². The average molecular weight is 379 g/mol. The summed E-state index contributed by atoms with van der Waals surface area (Å²) in [5.74, 6) is 0.709. The summed E-state index contributed by atoms with van der Waals surface area (Å²) < 4.78 is 20.7. The molecular weight excluding hydrogens is 357 g/mol. The van der Waals surface area contributed by atoms with Crippen LogP contribution in [0.4, 0.5) is 10.2 Å². The molecule has 144 valence electrons. The van der Waals surface area contributed by atoms with Crippen LogP contribution in [0.3, 0.4) is 0 Å². The summed E-state index contributed by atoms with van der Waals surface area (Å²) in [4.78, 5) is 12.8. The van der Waals surface area contributed by atoms with Crippen LogP contribution in [0.15, 0.2) is 54.6 Å². The number of hydrogen-bond donors (Lipinski definition) is 1. The molecular formula is C22H22FN3O2. The van der Waals surface area contributed by atoms with Gasteiger partial charge in [-0.05, 0) is 35.9 Å². The van der Waals surface area contributed by atoms with Gasteiger partial charge in [-0.3, -0.25) is 4.79 Å². The van der Waals surface area contributed by atoms with Crippen molar-refractivity contribution in [1.29, 1.82) is 0 Å². The first-order valence-electron chi connectivity index (χ1n) is 9.23. The maximum absolute atomic E-state index is 13.3. The second kappa shape index (κ2) is 6.78. The van der Waals surface area contributed by atoms with Crippen LogP contribution < -0.4 is 10.1 Å². The number of para-hydroxylation sites is 1. The fourth-order valence-electron chi connectivity index (χ4n) is 3.15. The Balaban J connectivity index is 1.62. The van der Waals surface area contributed by atoms with Gasteiger partial charge >= 0.3 is 0 Å². The van der Waals surface area contributed by atoms with Gasteiger partial charge in [-0.25, -0.2) is 9.07 Å². The van der Waals surface area contributed by atoms with Crippen molar-refractivity contribution in [2.45, 2.75) is 38.7 Å². The molecule has 0 radical (unpaired) electrons. The molecule has 0 spiro atoms. The first-order chi connectivity index (χ1) is 13.3. The van der Waals surface area contributed by atoms with Crippen molar-refractivity contribution in [1.82, 2.24) is 9.78 Å². The van der Waals surface area contributed by atoms with Crippen LogP contribution in [0, 0.1) is 5.82 Å². The summed E-state index contributed by atoms with van der Waals surface area (Å²) in [6, 6.07) is 15.5. The van der Waals surface area contributed by atoms with Crippen LogP contribution >= 0.6 is 0 Å². The molecule has 28 heavy (non-hydrogen) atoms. The molecule has 5 nitrogen and oxygen atoms in total. The van der Waals surface area contributed by atoms with Crippen molar-refractivity contribution in [3.63, 3.8) is 0 Å². The standard InChI is InChI=1S/C22H22FN3O2/c1-22(2,3)19-13-20(26(25-19)16-10-8-15(23)9-11-16)24-21(27)18-12-14-6-4-5-7-17(14)28-18/h4-11,13,18H,12H2,1-3H3,(H,24,27). The number of amides is 1. The molecule has 0 saturated carbocycles. The lowest BCUT2D eigenvalue weighted by Crippen LogP contribution is -2.32. The van der Waals surface area contributed by atoms with E-state index in [2.05, 4.69) is 10.4 Å². The highest BCUT2D eigenvalue weighted by molar-refractivity contribution is 5.94. The molecule has 6 heteroatoms. The SMILES string of the molecule is CC(C)(C)c1cc(NC(=O)C2Cc3ccccc3O2)n(-c2ccc(F)cc2)n1. The van der Waals surface area contributed by atoms with Crippen molar-refractivity contribution < 1.29 is 13.9 Å². The topological polar surface area (TPSA) is 56.1 Å². The van der Waals surface area contributed by atoms with Crippen molar-refractivity contribution in [3.05, 3.63) is 71.7 Å². The Bertz CT molecular complexity index is 994. The number of aromatic nitrogens is 2. The lowest BCUT2D eigenvalue weighted by molar-refractivity contribution is -0.122. The van der Waals surface area contributed by atoms with E-state index in [9.17, 15) is 9.18 Å². The van der Waals surface area contributed by atoms with Crippen LogP contribution in [-0.4, -0.2) is 21.8 Å². The molecule has 0 saturated heterocycles. The third kappa shape index (κ3) is 3.50. The zero-order valence-electron chi connectivity index (χ0n) is 16.1. The van der Waals surface area contributed by atoms with E-state index in [4.69, 9.17) is 4.74 Å². The predicted octanol–water partition coefficient (Wildman–Crippen LogP) is 4.25. The van der Waals surface area contributed by atoms with Gasteiger partial charge < -0.3 is 10.1 Å². The normalized spacial score (nSPS) is 15.8. The van der Waals surface area contributed by atoms with E-state index in [-0.39, 0.29) is 17.1 Å². The Labute approximate surface area is 163 Å². The van der Waals surface area contributed by atoms with E-state index in [1.807, 2.05) is 51.1 Å². The van der Waals surface area contributed by atoms with Gasteiger partial charge in [0.1, 0.15) is 17.4 Å². The smallest absolute Gasteiger partial charge is 0.266 e. The quantitative estimate of drug-likeness (QED) is 0.740. The summed E-state index contributed by atoms with van der Waals surface area (Å²) in [7, 11) is 0. The molecule has 2 heterocycles. The minimum absolute atomic E-state index is 0.204. The minimum atomic E-state index is -0.591. The van der Waals surface area contributed by atoms with Gasteiger partial charge in [-0.15, -0.1) is 0 Å². The molecule has 1 unspecified atom stereocenters. The molecule has 0 bridgehead atoms. The second-order valence-corrected chi connectivity index (χ2v) is 7.96. The number of fused-ring (bicyclic) bond motifs is 1. The summed E-state index contributed by atoms with van der Waals surface area (Å²) in [5, 5.41) is 7.57. The Morgan fingerprint density at radius 2 is 1.89 bits per heavy atom. The van der Waals surface area contributed by atoms with Gasteiger partial charge in [0, 0.05) is 17.9 Å². The number of rotatable bonds is 3. The van der Waals surface area contributed by atoms with Gasteiger partial charge in [-0.1, -0.05) is 39.0 Å². The molecule has 1 aliphatic rings. The maximum atomic E-state index is 13.3. The highest BCUT2D eigenvalue weighted by atomic mass is 19.1. The number of benzene rings is 2. The summed E-state index contributed by atoms with van der Waals surface area (Å²) in [6.07, 6.45) is -0.0641. The Hall–Kier alpha value is -3.15. The first kappa shape index (κ1) is 18.2. The molecule has 1 amide bonds. The number of ether oxygens (including phenoxy) is 1. The zero-order chi connectivity index (χ0) is 19.9. The molecule has 1 aromatic heterocycles. The van der Waals surface area contributed by atoms with E-state index in [0.717, 1.165) is 17.0 Å². The molecule has 0 fully saturated rings. The minimum Gasteiger partial charge on any atom is -0.480 e. The van der Waals surface area contributed by atoms with Gasteiger partial charge in [0.25, 0.3) is 5.91 Å². The van der Waals surface area contributed by atoms with Gasteiger partial charge in [0.05, 0.1) is 11.4 Å². The van der Waals surface area contributed by atoms with Crippen LogP contribution in [-0.2, 0) is 16.6 Å². The number of anilines is 1. The monoisotopic (exact) mass is 379 g/mol. The molecule has 1 atom stereocenters. The fourth-order valence-corrected chi connectivity index (χ4v) is 3.15. The Morgan fingerprint density at radius 3 is 2.57 bits per heavy atom. The van der Waals surface area contributed by atoms with E-state index in [0.29, 0.717) is 17.9 Å². The van der Waals surface area contributed by atoms with Crippen molar-refractivity contribution in [2.24, 2.45) is 0 Å². The van der Waals surface area contributed by atoms with E-state index >= 15 is 0 Å². The average Bonchev–Trinajstić information content (AvgIpc) is 3.26. The number of halogens is 1. The van der Waals surface area contributed by atoms with Gasteiger partial charge in [0.2, 0.25) is 0 Å². The highest BCUT2D eigenvalue weighted by Crippen LogP contribution is 2.30. The summed E-state index contributed by atoms with van der Waals surface area (Å²) in [5.41, 5.74) is 2.31. The third-order valence-electron chi connectivity index (χ3n) is 4.74. The first-order valence-corrected chi connectivity index (χ1v) is 9.23. The summed E-state index contributed by atoms with van der Waals surface area (Å²) in [6.45, 7) is 6.14. The van der Waals surface area contributed by atoms with E-state index < -0.39 is 6.10 Å². The number of carbonyl (C=O) groups is 1. The van der Waals surface area contributed by atoms with Gasteiger partial charge in [0.15, 0.2) is 6.10 Å². The maximum Gasteiger partial charge on any atom is 0.266 e. The predicted molar refractivity (Wildman–Crippen MR) is 105 cm³/mol. The second-order valence-electron chi connectivity index (χ2n) is 7.96. The molecule has 1 N–H and O–H groups in total. The number of nitrogens with one attached hydrogen (secondary N) is 1. The Morgan fingerprint density at radius 1 is 1.18 bits per heavy atom. The number of hydrogen-bond acceptors (Lipinski definition) is 3. The van der Waals surface area contributed by atoms with E-state index in [1.165, 1.54) is 12.1 Å². The van der Waals surface area contributed by atoms with E-state index in [1.54, 1.807) is 16.8 Å². The van der Waals surface area contributed by atoms with Crippen LogP contribution in [0.1, 0.15) is 32.0 Å². The highest BCUT2D eigenvalue weighted by Gasteiger charge is 2.30. The summed E-state index contributed by atoms with van der Waals surface area (Å²) >= 11 is 0. The Kier molecular flexibility index (Phi) is 4.41. The molecule has 0 aliphatic carbocycles. The fraction of sp³-hybridized carbons (Fsp3) is 0.273. The van der Waals surface area contributed by atoms with Gasteiger partial charge in [-0.2, -0.15) is 5.10 Å². The molecule has 2 aromatic carbocycles. The van der Waals surface area contributed by atoms with Crippen LogP contribution in [0.5, 0.6) is 5.75 Å². The number of carbonyl (C=O) groups excluding carboxylic acids is 1. The lowest BCUT2D eigenvalue weighted by atomic mass is 9.92. The molecule has 4 rings (SSSR count). The van der Waals surface area contributed by atoms with Crippen molar-refractivity contribution in [2.75, 3.05) is 5.32 Å². The lowest BCUT2D eigenvalue weighted by Gasteiger charge is -2.14. The largest absolute Gasteiger partial charge is 0.480 e. The van der Waals surface area contributed by atoms with Crippen molar-refractivity contribution >= 4 is 11.7 Å².